The fourth-order valence-electron chi connectivity index (χ4n) is 3.33. The molecule has 1 aliphatic carbocycles. The minimum Gasteiger partial charge on any atom is -0.319 e. The zero-order chi connectivity index (χ0) is 11.8. The van der Waals surface area contributed by atoms with Crippen LogP contribution in [0.25, 0.3) is 0 Å². The molecule has 2 heteroatoms. The highest BCUT2D eigenvalue weighted by molar-refractivity contribution is 4.94. The lowest BCUT2D eigenvalue weighted by molar-refractivity contribution is 0.0739. The summed E-state index contributed by atoms with van der Waals surface area (Å²) in [5.41, 5.74) is 0.497. The molecular formula is C14H28N2. The molecule has 2 aliphatic rings. The van der Waals surface area contributed by atoms with Crippen LogP contribution >= 0.6 is 0 Å². The Morgan fingerprint density at radius 3 is 2.38 bits per heavy atom. The molecular weight excluding hydrogens is 196 g/mol. The highest BCUT2D eigenvalue weighted by Crippen LogP contribution is 2.39. The van der Waals surface area contributed by atoms with Gasteiger partial charge in [0.15, 0.2) is 0 Å². The van der Waals surface area contributed by atoms with Crippen molar-refractivity contribution in [3.8, 4) is 0 Å². The molecule has 2 rings (SSSR count). The second kappa shape index (κ2) is 4.66. The van der Waals surface area contributed by atoms with Gasteiger partial charge in [-0.25, -0.2) is 0 Å². The van der Waals surface area contributed by atoms with Crippen LogP contribution in [0.3, 0.4) is 0 Å². The van der Waals surface area contributed by atoms with Gasteiger partial charge >= 0.3 is 0 Å². The molecule has 3 atom stereocenters. The summed E-state index contributed by atoms with van der Waals surface area (Å²) in [6.07, 6.45) is 4.28. The minimum absolute atomic E-state index is 0.497. The number of nitrogens with one attached hydrogen (secondary N) is 1. The molecule has 1 saturated heterocycles. The van der Waals surface area contributed by atoms with E-state index in [1.807, 2.05) is 0 Å². The normalized spacial score (nSPS) is 36.4. The van der Waals surface area contributed by atoms with Gasteiger partial charge in [0.05, 0.1) is 0 Å². The third-order valence-corrected chi connectivity index (χ3v) is 4.76. The largest absolute Gasteiger partial charge is 0.319 e. The molecule has 0 aromatic carbocycles. The van der Waals surface area contributed by atoms with E-state index in [2.05, 4.69) is 38.0 Å². The van der Waals surface area contributed by atoms with Gasteiger partial charge in [0.2, 0.25) is 0 Å². The summed E-state index contributed by atoms with van der Waals surface area (Å²) >= 11 is 0. The molecule has 2 nitrogen and oxygen atoms in total. The molecule has 1 heterocycles. The van der Waals surface area contributed by atoms with Crippen LogP contribution in [0.15, 0.2) is 0 Å². The molecule has 1 saturated carbocycles. The standard InChI is InChI=1S/C14H28N2/c1-14(2,3)12-7-8-16(10-12)13-6-5-11(13)9-15-4/h11-13,15H,5-10H2,1-4H3. The average molecular weight is 224 g/mol. The van der Waals surface area contributed by atoms with Gasteiger partial charge in [-0.15, -0.1) is 0 Å². The summed E-state index contributed by atoms with van der Waals surface area (Å²) in [5.74, 6) is 1.83. The molecule has 94 valence electrons. The lowest BCUT2D eigenvalue weighted by Gasteiger charge is -2.43. The predicted molar refractivity (Wildman–Crippen MR) is 69.6 cm³/mol. The first-order chi connectivity index (χ1) is 7.52. The van der Waals surface area contributed by atoms with E-state index in [4.69, 9.17) is 0 Å². The van der Waals surface area contributed by atoms with Crippen LogP contribution in [0, 0.1) is 17.3 Å². The van der Waals surface area contributed by atoms with Crippen LogP contribution in [-0.2, 0) is 0 Å². The van der Waals surface area contributed by atoms with Crippen LogP contribution < -0.4 is 5.32 Å². The molecule has 0 aromatic rings. The highest BCUT2D eigenvalue weighted by atomic mass is 15.2. The third-order valence-electron chi connectivity index (χ3n) is 4.76. The Kier molecular flexibility index (Phi) is 3.60. The van der Waals surface area contributed by atoms with Crippen molar-refractivity contribution in [2.75, 3.05) is 26.7 Å². The number of nitrogens with zero attached hydrogens (tertiary/aromatic N) is 1. The fraction of sp³-hybridized carbons (Fsp3) is 1.00. The topological polar surface area (TPSA) is 15.3 Å². The summed E-state index contributed by atoms with van der Waals surface area (Å²) < 4.78 is 0. The lowest BCUT2D eigenvalue weighted by atomic mass is 9.78. The van der Waals surface area contributed by atoms with Crippen LogP contribution in [-0.4, -0.2) is 37.6 Å². The van der Waals surface area contributed by atoms with Crippen molar-refractivity contribution in [3.63, 3.8) is 0 Å². The molecule has 1 aliphatic heterocycles. The van der Waals surface area contributed by atoms with Crippen molar-refractivity contribution in [1.29, 1.82) is 0 Å². The second-order valence-electron chi connectivity index (χ2n) is 6.81. The molecule has 2 fully saturated rings. The fourth-order valence-corrected chi connectivity index (χ4v) is 3.33. The summed E-state index contributed by atoms with van der Waals surface area (Å²) in [4.78, 5) is 2.77. The first-order valence-corrected chi connectivity index (χ1v) is 6.91. The van der Waals surface area contributed by atoms with Crippen molar-refractivity contribution >= 4 is 0 Å². The average Bonchev–Trinajstić information content (AvgIpc) is 2.60. The SMILES string of the molecule is CNCC1CCC1N1CCC(C(C)(C)C)C1. The molecule has 1 N–H and O–H groups in total. The Morgan fingerprint density at radius 2 is 1.94 bits per heavy atom. The number of hydrogen-bond acceptors (Lipinski definition) is 2. The first-order valence-electron chi connectivity index (χ1n) is 6.91. The van der Waals surface area contributed by atoms with E-state index >= 15 is 0 Å². The smallest absolute Gasteiger partial charge is 0.0136 e. The monoisotopic (exact) mass is 224 g/mol. The Bertz CT molecular complexity index is 231. The van der Waals surface area contributed by atoms with E-state index in [1.165, 1.54) is 38.9 Å². The number of likely N-dealkylation sites (tertiary alicyclic amines) is 1. The summed E-state index contributed by atoms with van der Waals surface area (Å²) in [6.45, 7) is 11.1. The van der Waals surface area contributed by atoms with Gasteiger partial charge in [0.1, 0.15) is 0 Å². The zero-order valence-corrected chi connectivity index (χ0v) is 11.4. The highest BCUT2D eigenvalue weighted by Gasteiger charge is 2.40. The van der Waals surface area contributed by atoms with E-state index in [9.17, 15) is 0 Å². The maximum absolute atomic E-state index is 3.34. The van der Waals surface area contributed by atoms with Gasteiger partial charge in [-0.3, -0.25) is 4.90 Å². The Labute approximate surface area is 101 Å². The maximum Gasteiger partial charge on any atom is 0.0136 e. The van der Waals surface area contributed by atoms with Crippen molar-refractivity contribution in [3.05, 3.63) is 0 Å². The molecule has 0 radical (unpaired) electrons. The minimum atomic E-state index is 0.497. The van der Waals surface area contributed by atoms with Gasteiger partial charge in [-0.2, -0.15) is 0 Å². The Hall–Kier alpha value is -0.0800. The lowest BCUT2D eigenvalue weighted by Crippen LogP contribution is -2.49. The van der Waals surface area contributed by atoms with Gasteiger partial charge < -0.3 is 5.32 Å². The van der Waals surface area contributed by atoms with Crippen molar-refractivity contribution in [2.24, 2.45) is 17.3 Å². The van der Waals surface area contributed by atoms with Crippen LogP contribution in [0.5, 0.6) is 0 Å². The van der Waals surface area contributed by atoms with E-state index in [0.717, 1.165) is 17.9 Å². The summed E-state index contributed by atoms with van der Waals surface area (Å²) in [7, 11) is 2.08. The molecule has 0 aromatic heterocycles. The summed E-state index contributed by atoms with van der Waals surface area (Å²) in [5, 5.41) is 3.34. The molecule has 16 heavy (non-hydrogen) atoms. The van der Waals surface area contributed by atoms with Crippen molar-refractivity contribution < 1.29 is 0 Å². The van der Waals surface area contributed by atoms with E-state index in [-0.39, 0.29) is 0 Å². The number of rotatable bonds is 3. The number of hydrogen-bond donors (Lipinski definition) is 1. The van der Waals surface area contributed by atoms with Crippen LogP contribution in [0.2, 0.25) is 0 Å². The zero-order valence-electron chi connectivity index (χ0n) is 11.4. The van der Waals surface area contributed by atoms with Gasteiger partial charge in [-0.1, -0.05) is 20.8 Å². The predicted octanol–water partition coefficient (Wildman–Crippen LogP) is 2.35. The van der Waals surface area contributed by atoms with Crippen LogP contribution in [0.1, 0.15) is 40.0 Å². The summed E-state index contributed by atoms with van der Waals surface area (Å²) in [6, 6.07) is 0.889. The van der Waals surface area contributed by atoms with E-state index in [0.29, 0.717) is 5.41 Å². The van der Waals surface area contributed by atoms with E-state index < -0.39 is 0 Å². The van der Waals surface area contributed by atoms with Crippen molar-refractivity contribution in [2.45, 2.75) is 46.1 Å². The Balaban J connectivity index is 1.85. The quantitative estimate of drug-likeness (QED) is 0.791. The Morgan fingerprint density at radius 1 is 1.19 bits per heavy atom. The maximum atomic E-state index is 3.34. The molecule has 3 unspecified atom stereocenters. The van der Waals surface area contributed by atoms with Gasteiger partial charge in [0.25, 0.3) is 0 Å². The van der Waals surface area contributed by atoms with E-state index in [1.54, 1.807) is 0 Å². The molecule has 0 amide bonds. The van der Waals surface area contributed by atoms with Gasteiger partial charge in [0, 0.05) is 12.6 Å². The third kappa shape index (κ3) is 2.43. The second-order valence-corrected chi connectivity index (χ2v) is 6.81. The molecule has 0 spiro atoms. The molecule has 0 bridgehead atoms. The van der Waals surface area contributed by atoms with Crippen molar-refractivity contribution in [1.82, 2.24) is 10.2 Å². The first kappa shape index (κ1) is 12.4. The van der Waals surface area contributed by atoms with Gasteiger partial charge in [-0.05, 0) is 56.7 Å². The van der Waals surface area contributed by atoms with Crippen LogP contribution in [0.4, 0.5) is 0 Å².